The Morgan fingerprint density at radius 2 is 1.86 bits per heavy atom. The van der Waals surface area contributed by atoms with Crippen LogP contribution >= 0.6 is 0 Å². The number of carbonyl (C=O) groups excluding carboxylic acids is 1. The Kier molecular flexibility index (Phi) is 8.79. The molecule has 0 fully saturated rings. The van der Waals surface area contributed by atoms with Gasteiger partial charge in [0.25, 0.3) is 0 Å². The lowest BCUT2D eigenvalue weighted by Crippen LogP contribution is -2.05. The third kappa shape index (κ3) is 7.30. The second kappa shape index (κ2) is 11.3. The highest BCUT2D eigenvalue weighted by molar-refractivity contribution is 5.77. The molecule has 0 spiro atoms. The number of benzene rings is 1. The molecule has 0 amide bonds. The van der Waals surface area contributed by atoms with E-state index in [0.29, 0.717) is 0 Å². The van der Waals surface area contributed by atoms with Crippen LogP contribution in [0.5, 0.6) is 0 Å². The Balaban J connectivity index is 2.01. The number of hydrogen-bond donors (Lipinski definition) is 0. The first-order valence-corrected chi connectivity index (χ1v) is 10.4. The van der Waals surface area contributed by atoms with Crippen molar-refractivity contribution >= 4 is 5.78 Å². The zero-order valence-electron chi connectivity index (χ0n) is 18.2. The summed E-state index contributed by atoms with van der Waals surface area (Å²) in [6.07, 6.45) is 12.1. The Labute approximate surface area is 176 Å². The number of ketones is 1. The highest BCUT2D eigenvalue weighted by Gasteiger charge is 2.07. The minimum atomic E-state index is 0.150. The van der Waals surface area contributed by atoms with E-state index in [2.05, 4.69) is 67.0 Å². The van der Waals surface area contributed by atoms with Gasteiger partial charge in [0.1, 0.15) is 5.78 Å². The van der Waals surface area contributed by atoms with Gasteiger partial charge < -0.3 is 0 Å². The van der Waals surface area contributed by atoms with Crippen molar-refractivity contribution in [2.45, 2.75) is 53.4 Å². The average Bonchev–Trinajstić information content (AvgIpc) is 2.73. The molecule has 1 unspecified atom stereocenters. The molecule has 0 bridgehead atoms. The SMILES string of the molecule is C=C/C(=C\C(=C/C)CCCC(C)C(C)=O)Cc1ccc(-c2ccc(C)cn2)cc1. The van der Waals surface area contributed by atoms with Crippen molar-refractivity contribution in [2.24, 2.45) is 5.92 Å². The first-order chi connectivity index (χ1) is 13.9. The molecule has 0 saturated carbocycles. The standard InChI is InChI=1S/C27H33NO/c1-6-23(10-8-9-21(4)22(5)29)17-24(7-2)18-25-12-14-26(15-13-25)27-16-11-20(3)19-28-27/h6-7,11-17,19,21H,2,8-10,18H2,1,3-5H3/b23-6-,24-17+. The maximum Gasteiger partial charge on any atom is 0.132 e. The molecule has 0 N–H and O–H groups in total. The summed E-state index contributed by atoms with van der Waals surface area (Å²) in [4.78, 5) is 15.9. The number of hydrogen-bond acceptors (Lipinski definition) is 2. The molecule has 1 aromatic heterocycles. The summed E-state index contributed by atoms with van der Waals surface area (Å²) >= 11 is 0. The first-order valence-electron chi connectivity index (χ1n) is 10.4. The molecule has 2 nitrogen and oxygen atoms in total. The first kappa shape index (κ1) is 22.5. The predicted octanol–water partition coefficient (Wildman–Crippen LogP) is 7.05. The number of aromatic nitrogens is 1. The number of pyridine rings is 1. The van der Waals surface area contributed by atoms with E-state index in [1.807, 2.05) is 26.1 Å². The van der Waals surface area contributed by atoms with Gasteiger partial charge in [0.15, 0.2) is 0 Å². The number of rotatable bonds is 10. The minimum Gasteiger partial charge on any atom is -0.300 e. The zero-order valence-corrected chi connectivity index (χ0v) is 18.2. The van der Waals surface area contributed by atoms with Gasteiger partial charge in [-0.15, -0.1) is 0 Å². The topological polar surface area (TPSA) is 30.0 Å². The summed E-state index contributed by atoms with van der Waals surface area (Å²) in [5.41, 5.74) is 7.06. The van der Waals surface area contributed by atoms with Crippen LogP contribution in [-0.4, -0.2) is 10.8 Å². The monoisotopic (exact) mass is 387 g/mol. The minimum absolute atomic E-state index is 0.150. The summed E-state index contributed by atoms with van der Waals surface area (Å²) in [5.74, 6) is 0.427. The molecule has 1 atom stereocenters. The molecule has 0 aliphatic heterocycles. The predicted molar refractivity (Wildman–Crippen MR) is 124 cm³/mol. The summed E-state index contributed by atoms with van der Waals surface area (Å²) < 4.78 is 0. The number of nitrogens with zero attached hydrogens (tertiary/aromatic N) is 1. The highest BCUT2D eigenvalue weighted by Crippen LogP contribution is 2.21. The molecule has 152 valence electrons. The van der Waals surface area contributed by atoms with Crippen LogP contribution in [-0.2, 0) is 11.2 Å². The zero-order chi connectivity index (χ0) is 21.2. The Hall–Kier alpha value is -2.74. The van der Waals surface area contributed by atoms with Crippen molar-refractivity contribution < 1.29 is 4.79 Å². The summed E-state index contributed by atoms with van der Waals surface area (Å²) in [6, 6.07) is 12.7. The van der Waals surface area contributed by atoms with Gasteiger partial charge in [-0.2, -0.15) is 0 Å². The van der Waals surface area contributed by atoms with Crippen molar-refractivity contribution in [3.05, 3.63) is 89.7 Å². The number of carbonyl (C=O) groups is 1. The fourth-order valence-corrected chi connectivity index (χ4v) is 3.20. The van der Waals surface area contributed by atoms with Gasteiger partial charge >= 0.3 is 0 Å². The smallest absolute Gasteiger partial charge is 0.132 e. The van der Waals surface area contributed by atoms with E-state index < -0.39 is 0 Å². The second-order valence-corrected chi connectivity index (χ2v) is 7.79. The van der Waals surface area contributed by atoms with Crippen molar-refractivity contribution in [1.29, 1.82) is 0 Å². The molecule has 0 aliphatic carbocycles. The average molecular weight is 388 g/mol. The Morgan fingerprint density at radius 1 is 1.14 bits per heavy atom. The lowest BCUT2D eigenvalue weighted by molar-refractivity contribution is -0.120. The van der Waals surface area contributed by atoms with E-state index >= 15 is 0 Å². The number of allylic oxidation sites excluding steroid dienone is 5. The van der Waals surface area contributed by atoms with Gasteiger partial charge in [-0.1, -0.05) is 67.6 Å². The lowest BCUT2D eigenvalue weighted by atomic mass is 9.96. The molecular formula is C27H33NO. The molecule has 2 heteroatoms. The van der Waals surface area contributed by atoms with Crippen LogP contribution < -0.4 is 0 Å². The van der Waals surface area contributed by atoms with Crippen LogP contribution in [0.1, 0.15) is 51.2 Å². The lowest BCUT2D eigenvalue weighted by Gasteiger charge is -2.09. The maximum atomic E-state index is 11.4. The van der Waals surface area contributed by atoms with Gasteiger partial charge in [-0.05, 0) is 69.2 Å². The van der Waals surface area contributed by atoms with E-state index in [1.54, 1.807) is 6.92 Å². The second-order valence-electron chi connectivity index (χ2n) is 7.79. The molecule has 0 saturated heterocycles. The van der Waals surface area contributed by atoms with Crippen LogP contribution in [0.2, 0.25) is 0 Å². The van der Waals surface area contributed by atoms with E-state index in [0.717, 1.165) is 36.9 Å². The van der Waals surface area contributed by atoms with Crippen molar-refractivity contribution in [3.8, 4) is 11.3 Å². The molecule has 2 aromatic rings. The van der Waals surface area contributed by atoms with Gasteiger partial charge in [-0.3, -0.25) is 9.78 Å². The van der Waals surface area contributed by atoms with E-state index in [4.69, 9.17) is 0 Å². The van der Waals surface area contributed by atoms with Crippen LogP contribution in [0, 0.1) is 12.8 Å². The molecule has 2 rings (SSSR count). The van der Waals surface area contributed by atoms with Crippen LogP contribution in [0.3, 0.4) is 0 Å². The summed E-state index contributed by atoms with van der Waals surface area (Å²) in [6.45, 7) is 11.8. The third-order valence-corrected chi connectivity index (χ3v) is 5.37. The quantitative estimate of drug-likeness (QED) is 0.409. The summed E-state index contributed by atoms with van der Waals surface area (Å²) in [5, 5.41) is 0. The van der Waals surface area contributed by atoms with Crippen LogP contribution in [0.4, 0.5) is 0 Å². The maximum absolute atomic E-state index is 11.4. The Bertz CT molecular complexity index is 870. The van der Waals surface area contributed by atoms with E-state index in [1.165, 1.54) is 22.3 Å². The normalized spacial score (nSPS) is 13.2. The fourth-order valence-electron chi connectivity index (χ4n) is 3.20. The molecule has 0 radical (unpaired) electrons. The third-order valence-electron chi connectivity index (χ3n) is 5.37. The molecular weight excluding hydrogens is 354 g/mol. The van der Waals surface area contributed by atoms with Crippen molar-refractivity contribution in [1.82, 2.24) is 4.98 Å². The highest BCUT2D eigenvalue weighted by atomic mass is 16.1. The molecule has 29 heavy (non-hydrogen) atoms. The van der Waals surface area contributed by atoms with Gasteiger partial charge in [-0.25, -0.2) is 0 Å². The van der Waals surface area contributed by atoms with Crippen molar-refractivity contribution in [3.63, 3.8) is 0 Å². The van der Waals surface area contributed by atoms with E-state index in [9.17, 15) is 4.79 Å². The Morgan fingerprint density at radius 3 is 2.41 bits per heavy atom. The molecule has 0 aliphatic rings. The number of aryl methyl sites for hydroxylation is 1. The van der Waals surface area contributed by atoms with Gasteiger partial charge in [0.2, 0.25) is 0 Å². The number of Topliss-reactive ketones (excluding diaryl/α,β-unsaturated/α-hetero) is 1. The largest absolute Gasteiger partial charge is 0.300 e. The van der Waals surface area contributed by atoms with Crippen LogP contribution in [0.25, 0.3) is 11.3 Å². The summed E-state index contributed by atoms with van der Waals surface area (Å²) in [7, 11) is 0. The molecule has 1 aromatic carbocycles. The van der Waals surface area contributed by atoms with Gasteiger partial charge in [0.05, 0.1) is 5.69 Å². The van der Waals surface area contributed by atoms with Gasteiger partial charge in [0, 0.05) is 17.7 Å². The molecule has 1 heterocycles. The fraction of sp³-hybridized carbons (Fsp3) is 0.333. The van der Waals surface area contributed by atoms with Crippen LogP contribution in [0.15, 0.2) is 78.5 Å². The van der Waals surface area contributed by atoms with E-state index in [-0.39, 0.29) is 11.7 Å². The van der Waals surface area contributed by atoms with Crippen molar-refractivity contribution in [2.75, 3.05) is 0 Å².